The zero-order valence-electron chi connectivity index (χ0n) is 13.6. The van der Waals surface area contributed by atoms with Gasteiger partial charge in [0.25, 0.3) is 0 Å². The zero-order valence-corrected chi connectivity index (χ0v) is 13.6. The van der Waals surface area contributed by atoms with Crippen LogP contribution in [0.25, 0.3) is 0 Å². The Kier molecular flexibility index (Phi) is 7.63. The van der Waals surface area contributed by atoms with Crippen molar-refractivity contribution in [1.82, 2.24) is 10.2 Å². The van der Waals surface area contributed by atoms with E-state index in [0.29, 0.717) is 12.1 Å². The molecule has 0 aliphatic heterocycles. The van der Waals surface area contributed by atoms with Gasteiger partial charge in [-0.2, -0.15) is 0 Å². The second-order valence-electron chi connectivity index (χ2n) is 5.61. The van der Waals surface area contributed by atoms with Gasteiger partial charge < -0.3 is 15.0 Å². The normalized spacial score (nSPS) is 14.3. The fraction of sp³-hybridized carbons (Fsp3) is 0.647. The van der Waals surface area contributed by atoms with E-state index >= 15 is 0 Å². The van der Waals surface area contributed by atoms with Crippen molar-refractivity contribution < 1.29 is 4.74 Å². The van der Waals surface area contributed by atoms with Crippen LogP contribution in [0.2, 0.25) is 0 Å². The number of nitrogens with one attached hydrogen (secondary N) is 1. The highest BCUT2D eigenvalue weighted by molar-refractivity contribution is 5.33. The highest BCUT2D eigenvalue weighted by Gasteiger charge is 2.09. The van der Waals surface area contributed by atoms with E-state index in [9.17, 15) is 0 Å². The SMILES string of the molecule is CCC(C)N(C)CCNC(C)Cc1ccccc1OC. The quantitative estimate of drug-likeness (QED) is 0.751. The number of likely N-dealkylation sites (N-methyl/N-ethyl adjacent to an activating group) is 1. The van der Waals surface area contributed by atoms with Crippen LogP contribution in [0.15, 0.2) is 24.3 Å². The number of hydrogen-bond donors (Lipinski definition) is 1. The second-order valence-corrected chi connectivity index (χ2v) is 5.61. The van der Waals surface area contributed by atoms with Crippen LogP contribution in [-0.2, 0) is 6.42 Å². The Hall–Kier alpha value is -1.06. The van der Waals surface area contributed by atoms with Crippen molar-refractivity contribution >= 4 is 0 Å². The van der Waals surface area contributed by atoms with E-state index in [0.717, 1.165) is 25.3 Å². The molecular weight excluding hydrogens is 248 g/mol. The van der Waals surface area contributed by atoms with Gasteiger partial charge in [0, 0.05) is 25.2 Å². The molecule has 3 heteroatoms. The van der Waals surface area contributed by atoms with Gasteiger partial charge in [0.1, 0.15) is 5.75 Å². The van der Waals surface area contributed by atoms with E-state index in [1.54, 1.807) is 7.11 Å². The highest BCUT2D eigenvalue weighted by Crippen LogP contribution is 2.18. The summed E-state index contributed by atoms with van der Waals surface area (Å²) >= 11 is 0. The number of ether oxygens (including phenoxy) is 1. The fourth-order valence-electron chi connectivity index (χ4n) is 2.29. The zero-order chi connectivity index (χ0) is 15.0. The first-order chi connectivity index (χ1) is 9.58. The summed E-state index contributed by atoms with van der Waals surface area (Å²) in [5.74, 6) is 0.984. The van der Waals surface area contributed by atoms with E-state index in [2.05, 4.69) is 50.2 Å². The van der Waals surface area contributed by atoms with Crippen LogP contribution >= 0.6 is 0 Å². The maximum atomic E-state index is 5.40. The number of hydrogen-bond acceptors (Lipinski definition) is 3. The third kappa shape index (κ3) is 5.51. The summed E-state index contributed by atoms with van der Waals surface area (Å²) in [6.45, 7) is 8.86. The minimum atomic E-state index is 0.455. The summed E-state index contributed by atoms with van der Waals surface area (Å²) < 4.78 is 5.40. The summed E-state index contributed by atoms with van der Waals surface area (Å²) in [7, 11) is 3.93. The number of nitrogens with zero attached hydrogens (tertiary/aromatic N) is 1. The maximum absolute atomic E-state index is 5.40. The summed E-state index contributed by atoms with van der Waals surface area (Å²) in [6, 6.07) is 9.36. The molecule has 0 amide bonds. The van der Waals surface area contributed by atoms with Crippen molar-refractivity contribution in [1.29, 1.82) is 0 Å². The van der Waals surface area contributed by atoms with Crippen LogP contribution in [0.5, 0.6) is 5.75 Å². The third-order valence-corrected chi connectivity index (χ3v) is 4.02. The maximum Gasteiger partial charge on any atom is 0.122 e. The predicted molar refractivity (Wildman–Crippen MR) is 86.5 cm³/mol. The molecule has 3 nitrogen and oxygen atoms in total. The molecule has 0 bridgehead atoms. The molecule has 2 unspecified atom stereocenters. The summed E-state index contributed by atoms with van der Waals surface area (Å²) in [5, 5.41) is 3.60. The number of para-hydroxylation sites is 1. The average Bonchev–Trinajstić information content (AvgIpc) is 2.46. The van der Waals surface area contributed by atoms with Gasteiger partial charge in [0.15, 0.2) is 0 Å². The molecule has 0 aromatic heterocycles. The van der Waals surface area contributed by atoms with E-state index in [1.165, 1.54) is 12.0 Å². The Bertz CT molecular complexity index is 381. The lowest BCUT2D eigenvalue weighted by Crippen LogP contribution is -2.38. The van der Waals surface area contributed by atoms with Gasteiger partial charge in [-0.1, -0.05) is 25.1 Å². The smallest absolute Gasteiger partial charge is 0.122 e. The Morgan fingerprint density at radius 1 is 1.25 bits per heavy atom. The Morgan fingerprint density at radius 2 is 1.95 bits per heavy atom. The van der Waals surface area contributed by atoms with E-state index in [-0.39, 0.29) is 0 Å². The van der Waals surface area contributed by atoms with E-state index in [4.69, 9.17) is 4.74 Å². The van der Waals surface area contributed by atoms with Crippen LogP contribution < -0.4 is 10.1 Å². The lowest BCUT2D eigenvalue weighted by Gasteiger charge is -2.24. The minimum Gasteiger partial charge on any atom is -0.496 e. The van der Waals surface area contributed by atoms with Gasteiger partial charge in [-0.3, -0.25) is 0 Å². The number of benzene rings is 1. The lowest BCUT2D eigenvalue weighted by molar-refractivity contribution is 0.249. The van der Waals surface area contributed by atoms with Gasteiger partial charge in [0.05, 0.1) is 7.11 Å². The van der Waals surface area contributed by atoms with Crippen LogP contribution in [0.4, 0.5) is 0 Å². The van der Waals surface area contributed by atoms with Crippen molar-refractivity contribution in [2.24, 2.45) is 0 Å². The molecule has 1 rings (SSSR count). The van der Waals surface area contributed by atoms with Gasteiger partial charge >= 0.3 is 0 Å². The lowest BCUT2D eigenvalue weighted by atomic mass is 10.1. The largest absolute Gasteiger partial charge is 0.496 e. The molecule has 0 radical (unpaired) electrons. The topological polar surface area (TPSA) is 24.5 Å². The van der Waals surface area contributed by atoms with Crippen LogP contribution in [0.3, 0.4) is 0 Å². The van der Waals surface area contributed by atoms with Crippen molar-refractivity contribution in [3.8, 4) is 5.75 Å². The standard InChI is InChI=1S/C17H30N2O/c1-6-15(3)19(4)12-11-18-14(2)13-16-9-7-8-10-17(16)20-5/h7-10,14-15,18H,6,11-13H2,1-5H3. The molecule has 0 spiro atoms. The molecule has 1 N–H and O–H groups in total. The Labute approximate surface area is 124 Å². The first-order valence-electron chi connectivity index (χ1n) is 7.64. The second kappa shape index (κ2) is 8.98. The van der Waals surface area contributed by atoms with Gasteiger partial charge in [-0.05, 0) is 45.4 Å². The molecule has 0 fully saturated rings. The van der Waals surface area contributed by atoms with Crippen LogP contribution in [0.1, 0.15) is 32.8 Å². The molecule has 114 valence electrons. The predicted octanol–water partition coefficient (Wildman–Crippen LogP) is 2.95. The summed E-state index contributed by atoms with van der Waals surface area (Å²) in [4.78, 5) is 2.41. The van der Waals surface area contributed by atoms with Gasteiger partial charge in [0.2, 0.25) is 0 Å². The molecule has 20 heavy (non-hydrogen) atoms. The third-order valence-electron chi connectivity index (χ3n) is 4.02. The molecule has 0 saturated carbocycles. The highest BCUT2D eigenvalue weighted by atomic mass is 16.5. The van der Waals surface area contributed by atoms with Crippen LogP contribution in [-0.4, -0.2) is 44.2 Å². The molecule has 1 aromatic rings. The molecule has 1 aromatic carbocycles. The average molecular weight is 278 g/mol. The monoisotopic (exact) mass is 278 g/mol. The number of rotatable bonds is 9. The van der Waals surface area contributed by atoms with Gasteiger partial charge in [-0.15, -0.1) is 0 Å². The first kappa shape index (κ1) is 17.0. The molecular formula is C17H30N2O. The summed E-state index contributed by atoms with van der Waals surface area (Å²) in [5.41, 5.74) is 1.27. The fourth-order valence-corrected chi connectivity index (χ4v) is 2.29. The van der Waals surface area contributed by atoms with Crippen molar-refractivity contribution in [3.63, 3.8) is 0 Å². The molecule has 2 atom stereocenters. The summed E-state index contributed by atoms with van der Waals surface area (Å²) in [6.07, 6.45) is 2.20. The van der Waals surface area contributed by atoms with Crippen molar-refractivity contribution in [2.45, 2.75) is 45.7 Å². The molecule has 0 heterocycles. The van der Waals surface area contributed by atoms with Crippen molar-refractivity contribution in [2.75, 3.05) is 27.2 Å². The molecule has 0 aliphatic carbocycles. The van der Waals surface area contributed by atoms with Crippen LogP contribution in [0, 0.1) is 0 Å². The molecule has 0 saturated heterocycles. The Morgan fingerprint density at radius 3 is 2.60 bits per heavy atom. The van der Waals surface area contributed by atoms with E-state index < -0.39 is 0 Å². The molecule has 0 aliphatic rings. The Balaban J connectivity index is 2.35. The van der Waals surface area contributed by atoms with Gasteiger partial charge in [-0.25, -0.2) is 0 Å². The van der Waals surface area contributed by atoms with E-state index in [1.807, 2.05) is 12.1 Å². The first-order valence-corrected chi connectivity index (χ1v) is 7.64. The van der Waals surface area contributed by atoms with Crippen molar-refractivity contribution in [3.05, 3.63) is 29.8 Å². The minimum absolute atomic E-state index is 0.455. The number of methoxy groups -OCH3 is 1.